The molecule has 1 atom stereocenters. The highest BCUT2D eigenvalue weighted by Gasteiger charge is 2.20. The second-order valence-corrected chi connectivity index (χ2v) is 5.46. The molecule has 5 nitrogen and oxygen atoms in total. The van der Waals surface area contributed by atoms with Gasteiger partial charge < -0.3 is 14.6 Å². The molecule has 1 amide bonds. The van der Waals surface area contributed by atoms with Crippen LogP contribution in [0.4, 0.5) is 5.69 Å². The number of aromatic nitrogens is 1. The number of rotatable bonds is 4. The Morgan fingerprint density at radius 1 is 1.24 bits per heavy atom. The zero-order valence-electron chi connectivity index (χ0n) is 11.7. The number of esters is 1. The fourth-order valence-corrected chi connectivity index (χ4v) is 1.99. The maximum atomic E-state index is 12.0. The van der Waals surface area contributed by atoms with Gasteiger partial charge in [0.2, 0.25) is 0 Å². The highest BCUT2D eigenvalue weighted by Crippen LogP contribution is 2.14. The number of halogens is 1. The molecule has 0 fully saturated rings. The first-order chi connectivity index (χ1) is 9.97. The first kappa shape index (κ1) is 15.3. The number of benzene rings is 1. The Morgan fingerprint density at radius 3 is 2.48 bits per heavy atom. The third-order valence-corrected chi connectivity index (χ3v) is 3.45. The minimum absolute atomic E-state index is 0.375. The smallest absolute Gasteiger partial charge is 0.355 e. The number of aryl methyl sites for hydroxylation is 1. The lowest BCUT2D eigenvalue weighted by molar-refractivity contribution is -0.123. The Bertz CT molecular complexity index is 649. The molecule has 21 heavy (non-hydrogen) atoms. The van der Waals surface area contributed by atoms with Crippen LogP contribution in [-0.2, 0) is 16.6 Å². The van der Waals surface area contributed by atoms with Crippen LogP contribution in [0.1, 0.15) is 17.4 Å². The standard InChI is InChI=1S/C15H15BrN2O3/c1-10(21-15(20)13-4-3-9-18(13)2)14(19)17-12-7-5-11(16)6-8-12/h3-10H,1-2H3,(H,17,19)/t10-/m1/s1. The molecule has 0 saturated carbocycles. The van der Waals surface area contributed by atoms with E-state index in [9.17, 15) is 9.59 Å². The van der Waals surface area contributed by atoms with Crippen molar-refractivity contribution < 1.29 is 14.3 Å². The quantitative estimate of drug-likeness (QED) is 0.862. The lowest BCUT2D eigenvalue weighted by Crippen LogP contribution is -2.30. The molecule has 1 heterocycles. The summed E-state index contributed by atoms with van der Waals surface area (Å²) < 4.78 is 7.71. The molecule has 2 rings (SSSR count). The number of ether oxygens (including phenoxy) is 1. The number of nitrogens with zero attached hydrogens (tertiary/aromatic N) is 1. The van der Waals surface area contributed by atoms with Crippen molar-refractivity contribution in [3.63, 3.8) is 0 Å². The number of hydrogen-bond acceptors (Lipinski definition) is 3. The van der Waals surface area contributed by atoms with Gasteiger partial charge in [-0.25, -0.2) is 4.79 Å². The van der Waals surface area contributed by atoms with Gasteiger partial charge in [0.05, 0.1) is 0 Å². The van der Waals surface area contributed by atoms with Crippen molar-refractivity contribution in [1.29, 1.82) is 0 Å². The lowest BCUT2D eigenvalue weighted by Gasteiger charge is -2.13. The zero-order valence-corrected chi connectivity index (χ0v) is 13.3. The average Bonchev–Trinajstić information content (AvgIpc) is 2.87. The molecule has 2 aromatic rings. The molecule has 110 valence electrons. The van der Waals surface area contributed by atoms with E-state index in [0.29, 0.717) is 11.4 Å². The number of carbonyl (C=O) groups excluding carboxylic acids is 2. The van der Waals surface area contributed by atoms with Crippen molar-refractivity contribution in [1.82, 2.24) is 4.57 Å². The Kier molecular flexibility index (Phi) is 4.80. The monoisotopic (exact) mass is 350 g/mol. The van der Waals surface area contributed by atoms with Gasteiger partial charge in [0.1, 0.15) is 5.69 Å². The molecule has 1 aromatic heterocycles. The third-order valence-electron chi connectivity index (χ3n) is 2.92. The van der Waals surface area contributed by atoms with E-state index in [1.807, 2.05) is 12.1 Å². The summed E-state index contributed by atoms with van der Waals surface area (Å²) in [6.45, 7) is 1.54. The Balaban J connectivity index is 1.95. The van der Waals surface area contributed by atoms with Crippen LogP contribution >= 0.6 is 15.9 Å². The molecule has 0 radical (unpaired) electrons. The van der Waals surface area contributed by atoms with Crippen LogP contribution in [-0.4, -0.2) is 22.5 Å². The van der Waals surface area contributed by atoms with E-state index >= 15 is 0 Å². The largest absolute Gasteiger partial charge is 0.448 e. The van der Waals surface area contributed by atoms with Crippen molar-refractivity contribution >= 4 is 33.5 Å². The second kappa shape index (κ2) is 6.58. The zero-order chi connectivity index (χ0) is 15.4. The number of amides is 1. The van der Waals surface area contributed by atoms with Crippen molar-refractivity contribution in [3.8, 4) is 0 Å². The van der Waals surface area contributed by atoms with Crippen molar-refractivity contribution in [2.45, 2.75) is 13.0 Å². The molecule has 0 aliphatic carbocycles. The molecular weight excluding hydrogens is 336 g/mol. The molecule has 0 saturated heterocycles. The predicted octanol–water partition coefficient (Wildman–Crippen LogP) is 2.97. The number of carbonyl (C=O) groups is 2. The molecule has 0 aliphatic heterocycles. The summed E-state index contributed by atoms with van der Waals surface area (Å²) in [4.78, 5) is 23.9. The molecule has 1 N–H and O–H groups in total. The number of hydrogen-bond donors (Lipinski definition) is 1. The van der Waals surface area contributed by atoms with E-state index in [0.717, 1.165) is 4.47 Å². The van der Waals surface area contributed by atoms with E-state index in [1.54, 1.807) is 42.1 Å². The summed E-state index contributed by atoms with van der Waals surface area (Å²) in [5, 5.41) is 2.69. The number of anilines is 1. The highest BCUT2D eigenvalue weighted by molar-refractivity contribution is 9.10. The van der Waals surface area contributed by atoms with Crippen molar-refractivity contribution in [2.24, 2.45) is 7.05 Å². The molecule has 0 aliphatic rings. The van der Waals surface area contributed by atoms with Gasteiger partial charge in [-0.05, 0) is 43.3 Å². The van der Waals surface area contributed by atoms with Gasteiger partial charge in [0.15, 0.2) is 6.10 Å². The van der Waals surface area contributed by atoms with Gasteiger partial charge in [-0.2, -0.15) is 0 Å². The number of nitrogens with one attached hydrogen (secondary N) is 1. The average molecular weight is 351 g/mol. The van der Waals surface area contributed by atoms with Crippen LogP contribution < -0.4 is 5.32 Å². The van der Waals surface area contributed by atoms with E-state index < -0.39 is 12.1 Å². The lowest BCUT2D eigenvalue weighted by atomic mass is 10.3. The Hall–Kier alpha value is -2.08. The van der Waals surface area contributed by atoms with Crippen LogP contribution in [0.2, 0.25) is 0 Å². The SMILES string of the molecule is C[C@@H](OC(=O)c1cccn1C)C(=O)Nc1ccc(Br)cc1. The minimum atomic E-state index is -0.879. The normalized spacial score (nSPS) is 11.8. The molecule has 0 bridgehead atoms. The van der Waals surface area contributed by atoms with E-state index in [4.69, 9.17) is 4.74 Å². The van der Waals surface area contributed by atoms with Gasteiger partial charge in [-0.3, -0.25) is 4.79 Å². The summed E-state index contributed by atoms with van der Waals surface area (Å²) in [6.07, 6.45) is 0.861. The third kappa shape index (κ3) is 3.95. The summed E-state index contributed by atoms with van der Waals surface area (Å²) >= 11 is 3.32. The summed E-state index contributed by atoms with van der Waals surface area (Å²) in [5.41, 5.74) is 1.04. The summed E-state index contributed by atoms with van der Waals surface area (Å²) in [7, 11) is 1.74. The van der Waals surface area contributed by atoms with Crippen LogP contribution in [0.3, 0.4) is 0 Å². The molecule has 0 unspecified atom stereocenters. The highest BCUT2D eigenvalue weighted by atomic mass is 79.9. The second-order valence-electron chi connectivity index (χ2n) is 4.55. The van der Waals surface area contributed by atoms with Crippen LogP contribution in [0.25, 0.3) is 0 Å². The summed E-state index contributed by atoms with van der Waals surface area (Å²) in [5.74, 6) is -0.902. The van der Waals surface area contributed by atoms with Crippen molar-refractivity contribution in [2.75, 3.05) is 5.32 Å². The van der Waals surface area contributed by atoms with Gasteiger partial charge in [-0.1, -0.05) is 15.9 Å². The van der Waals surface area contributed by atoms with Crippen molar-refractivity contribution in [3.05, 3.63) is 52.8 Å². The van der Waals surface area contributed by atoms with Crippen LogP contribution in [0.15, 0.2) is 47.1 Å². The maximum absolute atomic E-state index is 12.0. The molecule has 1 aromatic carbocycles. The Morgan fingerprint density at radius 2 is 1.90 bits per heavy atom. The first-order valence-electron chi connectivity index (χ1n) is 6.36. The molecular formula is C15H15BrN2O3. The molecule has 6 heteroatoms. The summed E-state index contributed by atoms with van der Waals surface area (Å²) in [6, 6.07) is 10.5. The predicted molar refractivity (Wildman–Crippen MR) is 83.1 cm³/mol. The van der Waals surface area contributed by atoms with E-state index in [1.165, 1.54) is 6.92 Å². The fraction of sp³-hybridized carbons (Fsp3) is 0.200. The Labute approximate surface area is 131 Å². The van der Waals surface area contributed by atoms with Gasteiger partial charge in [0.25, 0.3) is 5.91 Å². The minimum Gasteiger partial charge on any atom is -0.448 e. The van der Waals surface area contributed by atoms with E-state index in [2.05, 4.69) is 21.2 Å². The topological polar surface area (TPSA) is 60.3 Å². The maximum Gasteiger partial charge on any atom is 0.355 e. The van der Waals surface area contributed by atoms with Gasteiger partial charge in [-0.15, -0.1) is 0 Å². The van der Waals surface area contributed by atoms with Gasteiger partial charge in [0, 0.05) is 23.4 Å². The first-order valence-corrected chi connectivity index (χ1v) is 7.15. The van der Waals surface area contributed by atoms with E-state index in [-0.39, 0.29) is 5.91 Å². The van der Waals surface area contributed by atoms with Crippen LogP contribution in [0.5, 0.6) is 0 Å². The molecule has 0 spiro atoms. The van der Waals surface area contributed by atoms with Gasteiger partial charge >= 0.3 is 5.97 Å². The fourth-order valence-electron chi connectivity index (χ4n) is 1.72. The van der Waals surface area contributed by atoms with Crippen LogP contribution in [0, 0.1) is 0 Å².